The Morgan fingerprint density at radius 2 is 1.88 bits per heavy atom. The minimum atomic E-state index is 0. The Labute approximate surface area is 105 Å². The molecule has 0 aliphatic carbocycles. The van der Waals surface area contributed by atoms with Gasteiger partial charge in [-0.3, -0.25) is 0 Å². The van der Waals surface area contributed by atoms with Gasteiger partial charge < -0.3 is 22.0 Å². The number of rotatable bonds is 6. The molecule has 1 aromatic rings. The third-order valence-electron chi connectivity index (χ3n) is 2.29. The van der Waals surface area contributed by atoms with Crippen LogP contribution >= 0.6 is 0 Å². The molecule has 0 bridgehead atoms. The SMILES string of the molecule is CCCc1ccccc1OCCN(C)C.[Cl-]. The monoisotopic (exact) mass is 242 g/mol. The quantitative estimate of drug-likeness (QED) is 0.672. The second kappa shape index (κ2) is 8.43. The van der Waals surface area contributed by atoms with Crippen molar-refractivity contribution >= 4 is 0 Å². The van der Waals surface area contributed by atoms with Crippen molar-refractivity contribution in [3.8, 4) is 5.75 Å². The van der Waals surface area contributed by atoms with Gasteiger partial charge in [-0.1, -0.05) is 31.5 Å². The highest BCUT2D eigenvalue weighted by Gasteiger charge is 2.01. The average Bonchev–Trinajstić information content (AvgIpc) is 2.20. The molecule has 0 N–H and O–H groups in total. The Morgan fingerprint density at radius 3 is 2.50 bits per heavy atom. The first-order valence-corrected chi connectivity index (χ1v) is 5.59. The predicted molar refractivity (Wildman–Crippen MR) is 64.5 cm³/mol. The standard InChI is InChI=1S/C13H21NO.ClH/c1-4-7-12-8-5-6-9-13(12)15-11-10-14(2)3;/h5-6,8-9H,4,7,10-11H2,1-3H3;1H/p-1. The van der Waals surface area contributed by atoms with Gasteiger partial charge in [0, 0.05) is 6.54 Å². The number of nitrogens with zero attached hydrogens (tertiary/aromatic N) is 1. The summed E-state index contributed by atoms with van der Waals surface area (Å²) in [5.41, 5.74) is 1.32. The highest BCUT2D eigenvalue weighted by atomic mass is 35.5. The number of likely N-dealkylation sites (N-methyl/N-ethyl adjacent to an activating group) is 1. The van der Waals surface area contributed by atoms with Crippen molar-refractivity contribution in [3.63, 3.8) is 0 Å². The van der Waals surface area contributed by atoms with Crippen molar-refractivity contribution in [1.82, 2.24) is 4.90 Å². The summed E-state index contributed by atoms with van der Waals surface area (Å²) in [5, 5.41) is 0. The summed E-state index contributed by atoms with van der Waals surface area (Å²) in [6.07, 6.45) is 2.26. The summed E-state index contributed by atoms with van der Waals surface area (Å²) in [6, 6.07) is 8.31. The van der Waals surface area contributed by atoms with Gasteiger partial charge in [0.05, 0.1) is 0 Å². The van der Waals surface area contributed by atoms with E-state index in [0.717, 1.165) is 31.7 Å². The number of para-hydroxylation sites is 1. The highest BCUT2D eigenvalue weighted by molar-refractivity contribution is 5.33. The van der Waals surface area contributed by atoms with Crippen molar-refractivity contribution < 1.29 is 17.1 Å². The van der Waals surface area contributed by atoms with Gasteiger partial charge in [0.2, 0.25) is 0 Å². The molecule has 0 aromatic heterocycles. The Balaban J connectivity index is 0.00000225. The zero-order chi connectivity index (χ0) is 11.1. The maximum atomic E-state index is 5.76. The normalized spacial score (nSPS) is 10.0. The summed E-state index contributed by atoms with van der Waals surface area (Å²) < 4.78 is 5.76. The number of ether oxygens (including phenoxy) is 1. The Hall–Kier alpha value is -0.730. The summed E-state index contributed by atoms with van der Waals surface area (Å²) in [6.45, 7) is 3.91. The van der Waals surface area contributed by atoms with E-state index in [1.807, 2.05) is 6.07 Å². The lowest BCUT2D eigenvalue weighted by molar-refractivity contribution is -0.00000381. The van der Waals surface area contributed by atoms with Gasteiger partial charge in [-0.05, 0) is 32.1 Å². The van der Waals surface area contributed by atoms with E-state index in [9.17, 15) is 0 Å². The summed E-state index contributed by atoms with van der Waals surface area (Å²) >= 11 is 0. The molecule has 0 amide bonds. The van der Waals surface area contributed by atoms with Gasteiger partial charge in [0.25, 0.3) is 0 Å². The second-order valence-corrected chi connectivity index (χ2v) is 4.01. The zero-order valence-electron chi connectivity index (χ0n) is 10.4. The van der Waals surface area contributed by atoms with Crippen LogP contribution < -0.4 is 17.1 Å². The maximum absolute atomic E-state index is 5.76. The first-order chi connectivity index (χ1) is 7.24. The number of hydrogen-bond acceptors (Lipinski definition) is 2. The van der Waals surface area contributed by atoms with Crippen LogP contribution in [0.25, 0.3) is 0 Å². The Morgan fingerprint density at radius 1 is 1.19 bits per heavy atom. The molecule has 0 aliphatic rings. The largest absolute Gasteiger partial charge is 1.00 e. The van der Waals surface area contributed by atoms with Crippen LogP contribution in [0.2, 0.25) is 0 Å². The second-order valence-electron chi connectivity index (χ2n) is 4.01. The van der Waals surface area contributed by atoms with E-state index in [-0.39, 0.29) is 12.4 Å². The van der Waals surface area contributed by atoms with E-state index in [0.29, 0.717) is 0 Å². The summed E-state index contributed by atoms with van der Waals surface area (Å²) in [5.74, 6) is 1.04. The van der Waals surface area contributed by atoms with E-state index >= 15 is 0 Å². The van der Waals surface area contributed by atoms with E-state index in [4.69, 9.17) is 4.74 Å². The van der Waals surface area contributed by atoms with Crippen LogP contribution in [0.3, 0.4) is 0 Å². The lowest BCUT2D eigenvalue weighted by Crippen LogP contribution is -3.00. The third-order valence-corrected chi connectivity index (χ3v) is 2.29. The number of halogens is 1. The molecule has 0 radical (unpaired) electrons. The van der Waals surface area contributed by atoms with Gasteiger partial charge in [0.15, 0.2) is 0 Å². The van der Waals surface area contributed by atoms with Crippen LogP contribution in [-0.2, 0) is 6.42 Å². The summed E-state index contributed by atoms with van der Waals surface area (Å²) in [4.78, 5) is 2.13. The molecule has 0 saturated heterocycles. The highest BCUT2D eigenvalue weighted by Crippen LogP contribution is 2.19. The van der Waals surface area contributed by atoms with E-state index in [2.05, 4.69) is 44.1 Å². The van der Waals surface area contributed by atoms with E-state index < -0.39 is 0 Å². The van der Waals surface area contributed by atoms with Crippen molar-refractivity contribution in [2.75, 3.05) is 27.2 Å². The molecular weight excluding hydrogens is 222 g/mol. The van der Waals surface area contributed by atoms with Crippen molar-refractivity contribution in [2.45, 2.75) is 19.8 Å². The molecular formula is C13H21ClNO-. The molecule has 0 spiro atoms. The van der Waals surface area contributed by atoms with Crippen molar-refractivity contribution in [1.29, 1.82) is 0 Å². The topological polar surface area (TPSA) is 12.5 Å². The lowest BCUT2D eigenvalue weighted by atomic mass is 10.1. The lowest BCUT2D eigenvalue weighted by Gasteiger charge is -2.13. The first-order valence-electron chi connectivity index (χ1n) is 5.59. The molecule has 1 aromatic carbocycles. The van der Waals surface area contributed by atoms with Gasteiger partial charge in [-0.2, -0.15) is 0 Å². The number of hydrogen-bond donors (Lipinski definition) is 0. The fraction of sp³-hybridized carbons (Fsp3) is 0.538. The molecule has 2 nitrogen and oxygen atoms in total. The number of benzene rings is 1. The first kappa shape index (κ1) is 15.3. The smallest absolute Gasteiger partial charge is 0.122 e. The van der Waals surface area contributed by atoms with Crippen LogP contribution in [0.5, 0.6) is 5.75 Å². The minimum absolute atomic E-state index is 0. The average molecular weight is 243 g/mol. The molecule has 0 aliphatic heterocycles. The van der Waals surface area contributed by atoms with Gasteiger partial charge >= 0.3 is 0 Å². The molecule has 1 rings (SSSR count). The van der Waals surface area contributed by atoms with Gasteiger partial charge in [-0.15, -0.1) is 0 Å². The zero-order valence-corrected chi connectivity index (χ0v) is 11.1. The van der Waals surface area contributed by atoms with Crippen LogP contribution in [0.15, 0.2) is 24.3 Å². The fourth-order valence-electron chi connectivity index (χ4n) is 1.46. The molecule has 3 heteroatoms. The predicted octanol–water partition coefficient (Wildman–Crippen LogP) is -0.416. The molecule has 0 atom stereocenters. The molecule has 0 unspecified atom stereocenters. The molecule has 0 heterocycles. The molecule has 92 valence electrons. The van der Waals surface area contributed by atoms with Crippen molar-refractivity contribution in [2.24, 2.45) is 0 Å². The number of aryl methyl sites for hydroxylation is 1. The third kappa shape index (κ3) is 5.38. The molecule has 0 fully saturated rings. The van der Waals surface area contributed by atoms with Gasteiger partial charge in [-0.25, -0.2) is 0 Å². The molecule has 0 saturated carbocycles. The minimum Gasteiger partial charge on any atom is -1.00 e. The van der Waals surface area contributed by atoms with Crippen LogP contribution in [0.1, 0.15) is 18.9 Å². The maximum Gasteiger partial charge on any atom is 0.122 e. The summed E-state index contributed by atoms with van der Waals surface area (Å²) in [7, 11) is 4.11. The van der Waals surface area contributed by atoms with Crippen LogP contribution in [0, 0.1) is 0 Å². The van der Waals surface area contributed by atoms with Crippen LogP contribution in [0.4, 0.5) is 0 Å². The Kier molecular flexibility index (Phi) is 8.04. The van der Waals surface area contributed by atoms with Crippen LogP contribution in [-0.4, -0.2) is 32.1 Å². The van der Waals surface area contributed by atoms with Gasteiger partial charge in [0.1, 0.15) is 12.4 Å². The Bertz CT molecular complexity index is 289. The van der Waals surface area contributed by atoms with E-state index in [1.54, 1.807) is 0 Å². The fourth-order valence-corrected chi connectivity index (χ4v) is 1.46. The van der Waals surface area contributed by atoms with Crippen molar-refractivity contribution in [3.05, 3.63) is 29.8 Å². The molecule has 16 heavy (non-hydrogen) atoms. The van der Waals surface area contributed by atoms with E-state index in [1.165, 1.54) is 5.56 Å².